The van der Waals surface area contributed by atoms with Crippen molar-refractivity contribution in [3.8, 4) is 5.75 Å². The van der Waals surface area contributed by atoms with Crippen molar-refractivity contribution in [1.29, 1.82) is 0 Å². The number of anilines is 1. The Balaban J connectivity index is 1.94. The summed E-state index contributed by atoms with van der Waals surface area (Å²) < 4.78 is 5.27. The molecule has 1 amide bonds. The predicted octanol–water partition coefficient (Wildman–Crippen LogP) is 3.44. The van der Waals surface area contributed by atoms with Crippen LogP contribution in [0.15, 0.2) is 24.3 Å². The quantitative estimate of drug-likeness (QED) is 0.876. The van der Waals surface area contributed by atoms with E-state index in [0.29, 0.717) is 23.4 Å². The van der Waals surface area contributed by atoms with Crippen LogP contribution in [0.25, 0.3) is 0 Å². The monoisotopic (exact) mass is 304 g/mol. The Morgan fingerprint density at radius 2 is 2.00 bits per heavy atom. The van der Waals surface area contributed by atoms with Crippen molar-refractivity contribution in [2.75, 3.05) is 12.4 Å². The fraction of sp³-hybridized carbons (Fsp3) is 0.611. The molecule has 0 saturated heterocycles. The number of para-hydroxylation sites is 2. The third-order valence-corrected chi connectivity index (χ3v) is 4.93. The van der Waals surface area contributed by atoms with Crippen LogP contribution < -0.4 is 15.4 Å². The Bertz CT molecular complexity index is 504. The molecule has 0 aromatic heterocycles. The molecule has 0 radical (unpaired) electrons. The highest BCUT2D eigenvalue weighted by Gasteiger charge is 2.29. The van der Waals surface area contributed by atoms with Crippen molar-refractivity contribution in [2.24, 2.45) is 11.8 Å². The lowest BCUT2D eigenvalue weighted by molar-refractivity contribution is -0.118. The maximum absolute atomic E-state index is 12.4. The van der Waals surface area contributed by atoms with E-state index in [1.165, 1.54) is 12.8 Å². The van der Waals surface area contributed by atoms with Gasteiger partial charge in [-0.2, -0.15) is 0 Å². The largest absolute Gasteiger partial charge is 0.495 e. The fourth-order valence-corrected chi connectivity index (χ4v) is 3.20. The maximum atomic E-state index is 12.4. The molecule has 2 rings (SSSR count). The molecule has 1 aliphatic rings. The summed E-state index contributed by atoms with van der Waals surface area (Å²) in [5.41, 5.74) is 0.716. The molecule has 1 saturated carbocycles. The van der Waals surface area contributed by atoms with E-state index < -0.39 is 0 Å². The smallest absolute Gasteiger partial charge is 0.241 e. The molecule has 0 unspecified atom stereocenters. The van der Waals surface area contributed by atoms with Gasteiger partial charge in [-0.25, -0.2) is 0 Å². The van der Waals surface area contributed by atoms with E-state index in [1.807, 2.05) is 31.2 Å². The zero-order valence-electron chi connectivity index (χ0n) is 14.1. The number of rotatable bonds is 5. The number of carbonyl (C=O) groups is 1. The Morgan fingerprint density at radius 1 is 1.27 bits per heavy atom. The number of carbonyl (C=O) groups excluding carboxylic acids is 1. The van der Waals surface area contributed by atoms with Crippen LogP contribution in [0.1, 0.15) is 40.0 Å². The van der Waals surface area contributed by atoms with Gasteiger partial charge in [0, 0.05) is 6.04 Å². The number of methoxy groups -OCH3 is 1. The summed E-state index contributed by atoms with van der Waals surface area (Å²) in [6.45, 7) is 6.52. The number of hydrogen-bond donors (Lipinski definition) is 2. The molecule has 4 heteroatoms. The van der Waals surface area contributed by atoms with Crippen LogP contribution in [0, 0.1) is 11.8 Å². The Morgan fingerprint density at radius 3 is 2.73 bits per heavy atom. The number of benzene rings is 1. The molecule has 22 heavy (non-hydrogen) atoms. The Labute approximate surface area is 133 Å². The predicted molar refractivity (Wildman–Crippen MR) is 90.2 cm³/mol. The summed E-state index contributed by atoms with van der Waals surface area (Å²) in [5, 5.41) is 6.45. The van der Waals surface area contributed by atoms with E-state index in [4.69, 9.17) is 4.74 Å². The van der Waals surface area contributed by atoms with Crippen molar-refractivity contribution in [2.45, 2.75) is 52.1 Å². The Kier molecular flexibility index (Phi) is 5.83. The summed E-state index contributed by atoms with van der Waals surface area (Å²) >= 11 is 0. The van der Waals surface area contributed by atoms with Gasteiger partial charge in [-0.1, -0.05) is 38.8 Å². The van der Waals surface area contributed by atoms with Gasteiger partial charge in [0.15, 0.2) is 0 Å². The molecule has 1 fully saturated rings. The number of ether oxygens (including phenoxy) is 1. The second-order valence-corrected chi connectivity index (χ2v) is 6.45. The molecule has 0 spiro atoms. The van der Waals surface area contributed by atoms with Crippen molar-refractivity contribution in [3.63, 3.8) is 0 Å². The van der Waals surface area contributed by atoms with Crippen LogP contribution in [0.3, 0.4) is 0 Å². The van der Waals surface area contributed by atoms with Gasteiger partial charge in [0.05, 0.1) is 18.8 Å². The van der Waals surface area contributed by atoms with E-state index in [2.05, 4.69) is 24.5 Å². The maximum Gasteiger partial charge on any atom is 0.241 e. The standard InChI is InChI=1S/C18H28N2O2/c1-12-8-7-10-15(13(12)2)19-14(3)18(21)20-16-9-5-6-11-17(16)22-4/h5-6,9,11-15,19H,7-8,10H2,1-4H3,(H,20,21)/t12-,13+,14-,15+/m0/s1. The van der Waals surface area contributed by atoms with Gasteiger partial charge in [-0.05, 0) is 37.3 Å². The molecule has 0 heterocycles. The van der Waals surface area contributed by atoms with Crippen LogP contribution in [-0.2, 0) is 4.79 Å². The first-order valence-corrected chi connectivity index (χ1v) is 8.23. The van der Waals surface area contributed by atoms with E-state index >= 15 is 0 Å². The molecule has 1 aromatic carbocycles. The second kappa shape index (κ2) is 7.63. The molecular weight excluding hydrogens is 276 g/mol. The minimum atomic E-state index is -0.220. The minimum absolute atomic E-state index is 0.0186. The Hall–Kier alpha value is -1.55. The van der Waals surface area contributed by atoms with Gasteiger partial charge in [0.1, 0.15) is 5.75 Å². The van der Waals surface area contributed by atoms with E-state index in [0.717, 1.165) is 12.3 Å². The first kappa shape index (κ1) is 16.8. The van der Waals surface area contributed by atoms with Gasteiger partial charge >= 0.3 is 0 Å². The molecule has 122 valence electrons. The normalized spacial score (nSPS) is 26.3. The zero-order valence-corrected chi connectivity index (χ0v) is 14.1. The summed E-state index contributed by atoms with van der Waals surface area (Å²) in [4.78, 5) is 12.4. The summed E-state index contributed by atoms with van der Waals surface area (Å²) in [7, 11) is 1.61. The fourth-order valence-electron chi connectivity index (χ4n) is 3.20. The topological polar surface area (TPSA) is 50.4 Å². The van der Waals surface area contributed by atoms with Crippen LogP contribution in [0.5, 0.6) is 5.75 Å². The third kappa shape index (κ3) is 4.01. The van der Waals surface area contributed by atoms with Crippen molar-refractivity contribution in [1.82, 2.24) is 5.32 Å². The molecule has 0 bridgehead atoms. The van der Waals surface area contributed by atoms with Gasteiger partial charge < -0.3 is 15.4 Å². The SMILES string of the molecule is COc1ccccc1NC(=O)[C@H](C)N[C@@H]1CCC[C@H](C)[C@H]1C. The highest BCUT2D eigenvalue weighted by atomic mass is 16.5. The van der Waals surface area contributed by atoms with Crippen LogP contribution >= 0.6 is 0 Å². The van der Waals surface area contributed by atoms with Gasteiger partial charge in [-0.3, -0.25) is 4.79 Å². The lowest BCUT2D eigenvalue weighted by Crippen LogP contribution is -2.49. The lowest BCUT2D eigenvalue weighted by Gasteiger charge is -2.36. The average Bonchev–Trinajstić information content (AvgIpc) is 2.52. The zero-order chi connectivity index (χ0) is 16.1. The highest BCUT2D eigenvalue weighted by molar-refractivity contribution is 5.95. The van der Waals surface area contributed by atoms with Gasteiger partial charge in [-0.15, -0.1) is 0 Å². The number of nitrogens with one attached hydrogen (secondary N) is 2. The van der Waals surface area contributed by atoms with Crippen molar-refractivity contribution < 1.29 is 9.53 Å². The number of amides is 1. The molecule has 1 aromatic rings. The van der Waals surface area contributed by atoms with Crippen LogP contribution in [-0.4, -0.2) is 25.1 Å². The molecule has 2 N–H and O–H groups in total. The lowest BCUT2D eigenvalue weighted by atomic mass is 9.78. The van der Waals surface area contributed by atoms with Crippen LogP contribution in [0.4, 0.5) is 5.69 Å². The van der Waals surface area contributed by atoms with E-state index in [-0.39, 0.29) is 11.9 Å². The first-order valence-electron chi connectivity index (χ1n) is 8.23. The van der Waals surface area contributed by atoms with E-state index in [9.17, 15) is 4.79 Å². The van der Waals surface area contributed by atoms with Crippen molar-refractivity contribution >= 4 is 11.6 Å². The first-order chi connectivity index (χ1) is 10.5. The summed E-state index contributed by atoms with van der Waals surface area (Å²) in [6.07, 6.45) is 3.68. The minimum Gasteiger partial charge on any atom is -0.495 e. The number of hydrogen-bond acceptors (Lipinski definition) is 3. The average molecular weight is 304 g/mol. The van der Waals surface area contributed by atoms with Gasteiger partial charge in [0.2, 0.25) is 5.91 Å². The van der Waals surface area contributed by atoms with Crippen LogP contribution in [0.2, 0.25) is 0 Å². The highest BCUT2D eigenvalue weighted by Crippen LogP contribution is 2.30. The summed E-state index contributed by atoms with van der Waals surface area (Å²) in [6, 6.07) is 7.68. The molecule has 4 nitrogen and oxygen atoms in total. The van der Waals surface area contributed by atoms with Gasteiger partial charge in [0.25, 0.3) is 0 Å². The molecular formula is C18H28N2O2. The summed E-state index contributed by atoms with van der Waals surface area (Å²) in [5.74, 6) is 1.99. The van der Waals surface area contributed by atoms with E-state index in [1.54, 1.807) is 7.11 Å². The van der Waals surface area contributed by atoms with Crippen molar-refractivity contribution in [3.05, 3.63) is 24.3 Å². The molecule has 0 aliphatic heterocycles. The molecule has 1 aliphatic carbocycles. The molecule has 4 atom stereocenters. The second-order valence-electron chi connectivity index (χ2n) is 6.45. The third-order valence-electron chi connectivity index (χ3n) is 4.93.